The smallest absolute Gasteiger partial charge is 0.214 e. The van der Waals surface area contributed by atoms with Gasteiger partial charge in [-0.15, -0.1) is 0 Å². The van der Waals surface area contributed by atoms with E-state index in [1.165, 1.54) is 38.2 Å². The van der Waals surface area contributed by atoms with E-state index in [1.54, 1.807) is 0 Å². The van der Waals surface area contributed by atoms with Crippen LogP contribution >= 0.6 is 11.6 Å². The van der Waals surface area contributed by atoms with Gasteiger partial charge in [-0.2, -0.15) is 0 Å². The highest BCUT2D eigenvalue weighted by atomic mass is 35.5. The van der Waals surface area contributed by atoms with Gasteiger partial charge in [-0.1, -0.05) is 71.0 Å². The number of hydrogen-bond acceptors (Lipinski definition) is 2. The number of hydrogen-bond donors (Lipinski definition) is 2. The van der Waals surface area contributed by atoms with Crippen molar-refractivity contribution in [3.8, 4) is 0 Å². The van der Waals surface area contributed by atoms with Crippen molar-refractivity contribution >= 4 is 23.2 Å². The van der Waals surface area contributed by atoms with E-state index in [-0.39, 0.29) is 5.91 Å². The maximum absolute atomic E-state index is 9.22. The largest absolute Gasteiger partial charge is 0.387 e. The van der Waals surface area contributed by atoms with Crippen molar-refractivity contribution in [3.63, 3.8) is 0 Å². The highest BCUT2D eigenvalue weighted by molar-refractivity contribution is 6.33. The molecule has 1 amide bonds. The Morgan fingerprint density at radius 1 is 1.26 bits per heavy atom. The molecule has 0 aromatic heterocycles. The van der Waals surface area contributed by atoms with Crippen molar-refractivity contribution in [3.05, 3.63) is 28.8 Å². The number of rotatable bonds is 6. The summed E-state index contributed by atoms with van der Waals surface area (Å²) in [6, 6.07) is 6.04. The van der Waals surface area contributed by atoms with Gasteiger partial charge in [0.05, 0.1) is 10.7 Å². The van der Waals surface area contributed by atoms with Crippen LogP contribution in [0.1, 0.15) is 65.9 Å². The van der Waals surface area contributed by atoms with Crippen LogP contribution in [0.4, 0.5) is 5.69 Å². The number of nitrogens with two attached hydrogens (primary N) is 1. The summed E-state index contributed by atoms with van der Waals surface area (Å²) in [4.78, 5) is 9.22. The Labute approximate surface area is 148 Å². The lowest BCUT2D eigenvalue weighted by molar-refractivity contribution is -0.115. The fourth-order valence-electron chi connectivity index (χ4n) is 1.79. The molecule has 0 spiro atoms. The zero-order valence-electron chi connectivity index (χ0n) is 15.7. The van der Waals surface area contributed by atoms with Crippen molar-refractivity contribution < 1.29 is 4.79 Å². The fourth-order valence-corrected chi connectivity index (χ4v) is 2.00. The van der Waals surface area contributed by atoms with Crippen LogP contribution in [0, 0.1) is 5.92 Å². The molecule has 3 nitrogen and oxygen atoms in total. The molecule has 0 unspecified atom stereocenters. The van der Waals surface area contributed by atoms with E-state index in [0.717, 1.165) is 23.0 Å². The number of aryl methyl sites for hydroxylation is 1. The number of primary amides is 1. The predicted octanol–water partition coefficient (Wildman–Crippen LogP) is 5.66. The van der Waals surface area contributed by atoms with Gasteiger partial charge in [0, 0.05) is 14.0 Å². The summed E-state index contributed by atoms with van der Waals surface area (Å²) in [5.41, 5.74) is 6.78. The van der Waals surface area contributed by atoms with Gasteiger partial charge in [-0.05, 0) is 30.0 Å². The van der Waals surface area contributed by atoms with E-state index in [0.29, 0.717) is 0 Å². The van der Waals surface area contributed by atoms with Crippen molar-refractivity contribution in [2.45, 2.75) is 66.7 Å². The molecule has 0 bridgehead atoms. The van der Waals surface area contributed by atoms with E-state index < -0.39 is 0 Å². The fraction of sp³-hybridized carbons (Fsp3) is 0.632. The standard InChI is InChI=1S/C9H12ClN.C8H18.C2H5NO/c1-3-7-4-5-8(10)9(6-7)11-2;1-4-5-6-7-8(2)3;1-2(3)4/h4-6,11H,3H2,1-2H3;8H,4-7H2,1-3H3;1H3,(H2,3,4). The number of amides is 1. The highest BCUT2D eigenvalue weighted by Crippen LogP contribution is 2.22. The third-order valence-corrected chi connectivity index (χ3v) is 3.42. The number of anilines is 1. The molecule has 1 rings (SSSR count). The second-order valence-corrected chi connectivity index (χ2v) is 6.33. The molecule has 0 aliphatic heterocycles. The van der Waals surface area contributed by atoms with Crippen LogP contribution in [0.2, 0.25) is 5.02 Å². The summed E-state index contributed by atoms with van der Waals surface area (Å²) < 4.78 is 0. The lowest BCUT2D eigenvalue weighted by Gasteiger charge is -2.04. The molecule has 0 saturated carbocycles. The van der Waals surface area contributed by atoms with E-state index in [9.17, 15) is 4.79 Å². The Balaban J connectivity index is 0. The monoisotopic (exact) mass is 342 g/mol. The van der Waals surface area contributed by atoms with Gasteiger partial charge >= 0.3 is 0 Å². The van der Waals surface area contributed by atoms with Gasteiger partial charge in [0.2, 0.25) is 5.91 Å². The topological polar surface area (TPSA) is 55.1 Å². The molecular weight excluding hydrogens is 308 g/mol. The molecule has 23 heavy (non-hydrogen) atoms. The van der Waals surface area contributed by atoms with Crippen molar-refractivity contribution in [1.29, 1.82) is 0 Å². The summed E-state index contributed by atoms with van der Waals surface area (Å²) in [5, 5.41) is 3.82. The number of nitrogens with one attached hydrogen (secondary N) is 1. The summed E-state index contributed by atoms with van der Waals surface area (Å²) in [5.74, 6) is 0.571. The Kier molecular flexibility index (Phi) is 16.4. The molecule has 1 aromatic carbocycles. The normalized spacial score (nSPS) is 9.39. The number of carbonyl (C=O) groups is 1. The minimum atomic E-state index is -0.333. The van der Waals surface area contributed by atoms with Crippen LogP contribution in [0.5, 0.6) is 0 Å². The summed E-state index contributed by atoms with van der Waals surface area (Å²) in [7, 11) is 1.88. The quantitative estimate of drug-likeness (QED) is 0.655. The molecule has 0 saturated heterocycles. The Morgan fingerprint density at radius 2 is 1.83 bits per heavy atom. The molecule has 3 N–H and O–H groups in total. The molecule has 1 aromatic rings. The lowest BCUT2D eigenvalue weighted by atomic mass is 10.1. The highest BCUT2D eigenvalue weighted by Gasteiger charge is 1.97. The van der Waals surface area contributed by atoms with Gasteiger partial charge in [-0.25, -0.2) is 0 Å². The zero-order valence-corrected chi connectivity index (χ0v) is 16.5. The number of carbonyl (C=O) groups excluding carboxylic acids is 1. The average Bonchev–Trinajstić information content (AvgIpc) is 2.48. The summed E-state index contributed by atoms with van der Waals surface area (Å²) in [6.45, 7) is 10.3. The molecule has 134 valence electrons. The SMILES string of the molecule is CC(N)=O.CCCCCC(C)C.CCc1ccc(Cl)c(NC)c1. The molecule has 0 atom stereocenters. The van der Waals surface area contributed by atoms with Crippen LogP contribution in [0.25, 0.3) is 0 Å². The molecule has 0 aliphatic carbocycles. The van der Waals surface area contributed by atoms with Gasteiger partial charge in [0.1, 0.15) is 0 Å². The van der Waals surface area contributed by atoms with Gasteiger partial charge in [0.15, 0.2) is 0 Å². The molecule has 0 heterocycles. The van der Waals surface area contributed by atoms with Crippen LogP contribution in [0.15, 0.2) is 18.2 Å². The van der Waals surface area contributed by atoms with Crippen LogP contribution in [-0.2, 0) is 11.2 Å². The maximum Gasteiger partial charge on any atom is 0.214 e. The third-order valence-electron chi connectivity index (χ3n) is 3.09. The van der Waals surface area contributed by atoms with E-state index in [2.05, 4.69) is 44.8 Å². The van der Waals surface area contributed by atoms with Crippen molar-refractivity contribution in [2.24, 2.45) is 11.7 Å². The first kappa shape index (κ1) is 24.0. The lowest BCUT2D eigenvalue weighted by Crippen LogP contribution is -2.01. The second-order valence-electron chi connectivity index (χ2n) is 5.92. The Bertz CT molecular complexity index is 416. The molecule has 0 radical (unpaired) electrons. The maximum atomic E-state index is 9.22. The van der Waals surface area contributed by atoms with E-state index in [4.69, 9.17) is 11.6 Å². The first-order chi connectivity index (χ1) is 10.8. The summed E-state index contributed by atoms with van der Waals surface area (Å²) >= 11 is 5.89. The van der Waals surface area contributed by atoms with Gasteiger partial charge in [-0.3, -0.25) is 4.79 Å². The van der Waals surface area contributed by atoms with Gasteiger partial charge < -0.3 is 11.1 Å². The first-order valence-electron chi connectivity index (χ1n) is 8.50. The number of benzene rings is 1. The Hall–Kier alpha value is -1.22. The number of unbranched alkanes of at least 4 members (excludes halogenated alkanes) is 2. The average molecular weight is 343 g/mol. The van der Waals surface area contributed by atoms with E-state index in [1.807, 2.05) is 19.2 Å². The molecule has 0 fully saturated rings. The number of halogens is 1. The van der Waals surface area contributed by atoms with Crippen molar-refractivity contribution in [2.75, 3.05) is 12.4 Å². The third kappa shape index (κ3) is 17.0. The molecule has 0 aliphatic rings. The van der Waals surface area contributed by atoms with Crippen molar-refractivity contribution in [1.82, 2.24) is 0 Å². The minimum Gasteiger partial charge on any atom is -0.387 e. The minimum absolute atomic E-state index is 0.333. The van der Waals surface area contributed by atoms with Crippen LogP contribution in [-0.4, -0.2) is 13.0 Å². The summed E-state index contributed by atoms with van der Waals surface area (Å²) in [6.07, 6.45) is 6.65. The van der Waals surface area contributed by atoms with Crippen LogP contribution < -0.4 is 11.1 Å². The molecular formula is C19H35ClN2O. The zero-order chi connectivity index (χ0) is 18.3. The first-order valence-corrected chi connectivity index (χ1v) is 8.88. The Morgan fingerprint density at radius 3 is 2.22 bits per heavy atom. The van der Waals surface area contributed by atoms with E-state index >= 15 is 0 Å². The second kappa shape index (κ2) is 15.7. The molecule has 4 heteroatoms. The predicted molar refractivity (Wildman–Crippen MR) is 104 cm³/mol. The van der Waals surface area contributed by atoms with Crippen LogP contribution in [0.3, 0.4) is 0 Å². The van der Waals surface area contributed by atoms with Gasteiger partial charge in [0.25, 0.3) is 0 Å².